The highest BCUT2D eigenvalue weighted by Gasteiger charge is 2.24. The molecule has 0 atom stereocenters. The zero-order valence-corrected chi connectivity index (χ0v) is 14.3. The molecule has 3 aromatic rings. The van der Waals surface area contributed by atoms with Crippen LogP contribution in [0.4, 0.5) is 5.82 Å². The number of hydrogen-bond donors (Lipinski definition) is 1. The predicted molar refractivity (Wildman–Crippen MR) is 96.2 cm³/mol. The Bertz CT molecular complexity index is 902. The van der Waals surface area contributed by atoms with Gasteiger partial charge >= 0.3 is 0 Å². The van der Waals surface area contributed by atoms with Crippen LogP contribution >= 0.6 is 34.8 Å². The van der Waals surface area contributed by atoms with Crippen LogP contribution in [0, 0.1) is 0 Å². The number of nitrogens with one attached hydrogen (secondary N) is 1. The minimum atomic E-state index is 0.524. The second-order valence-corrected chi connectivity index (χ2v) is 6.57. The van der Waals surface area contributed by atoms with Gasteiger partial charge in [-0.3, -0.25) is 0 Å². The molecule has 4 rings (SSSR count). The summed E-state index contributed by atoms with van der Waals surface area (Å²) in [4.78, 5) is 0. The van der Waals surface area contributed by atoms with Crippen LogP contribution in [0.2, 0.25) is 15.1 Å². The molecule has 0 unspecified atom stereocenters. The molecule has 6 heteroatoms. The van der Waals surface area contributed by atoms with E-state index in [9.17, 15) is 0 Å². The molecule has 3 nitrogen and oxygen atoms in total. The lowest BCUT2D eigenvalue weighted by Crippen LogP contribution is -2.04. The van der Waals surface area contributed by atoms with Gasteiger partial charge in [0, 0.05) is 17.7 Å². The molecule has 0 saturated heterocycles. The van der Waals surface area contributed by atoms with E-state index in [0.717, 1.165) is 35.7 Å². The molecule has 23 heavy (non-hydrogen) atoms. The summed E-state index contributed by atoms with van der Waals surface area (Å²) in [6.07, 6.45) is 0.912. The number of halogens is 3. The normalized spacial score (nSPS) is 13.0. The van der Waals surface area contributed by atoms with Gasteiger partial charge in [0.1, 0.15) is 5.82 Å². The quantitative estimate of drug-likeness (QED) is 0.653. The van der Waals surface area contributed by atoms with Crippen molar-refractivity contribution in [3.05, 3.63) is 63.1 Å². The number of anilines is 1. The maximum Gasteiger partial charge on any atom is 0.133 e. The van der Waals surface area contributed by atoms with E-state index >= 15 is 0 Å². The van der Waals surface area contributed by atoms with Crippen molar-refractivity contribution in [1.29, 1.82) is 0 Å². The Kier molecular flexibility index (Phi) is 3.72. The molecule has 0 aliphatic carbocycles. The van der Waals surface area contributed by atoms with Gasteiger partial charge in [0.05, 0.1) is 26.4 Å². The molecule has 2 heterocycles. The van der Waals surface area contributed by atoms with Crippen molar-refractivity contribution in [2.75, 3.05) is 11.9 Å². The standard InChI is InChI=1S/C17H12Cl3N3/c18-12-6-5-10(9-14(12)20)16-11-7-8-21-17(11)23(22-16)15-4-2-1-3-13(15)19/h1-6,9,21H,7-8H2. The van der Waals surface area contributed by atoms with Crippen LogP contribution in [0.3, 0.4) is 0 Å². The molecule has 0 saturated carbocycles. The molecule has 116 valence electrons. The summed E-state index contributed by atoms with van der Waals surface area (Å²) in [7, 11) is 0. The van der Waals surface area contributed by atoms with E-state index in [1.165, 1.54) is 5.56 Å². The Balaban J connectivity index is 1.91. The van der Waals surface area contributed by atoms with Gasteiger partial charge in [-0.15, -0.1) is 0 Å². The van der Waals surface area contributed by atoms with Gasteiger partial charge in [0.15, 0.2) is 0 Å². The van der Waals surface area contributed by atoms with E-state index in [1.54, 1.807) is 6.07 Å². The van der Waals surface area contributed by atoms with Gasteiger partial charge in [-0.2, -0.15) is 5.10 Å². The number of nitrogens with zero attached hydrogens (tertiary/aromatic N) is 2. The topological polar surface area (TPSA) is 29.9 Å². The minimum Gasteiger partial charge on any atom is -0.369 e. The van der Waals surface area contributed by atoms with Gasteiger partial charge < -0.3 is 5.32 Å². The van der Waals surface area contributed by atoms with Gasteiger partial charge in [-0.1, -0.05) is 53.0 Å². The maximum absolute atomic E-state index is 6.33. The predicted octanol–water partition coefficient (Wildman–Crippen LogP) is 5.47. The molecule has 1 aromatic heterocycles. The summed E-state index contributed by atoms with van der Waals surface area (Å²) < 4.78 is 1.86. The maximum atomic E-state index is 6.33. The summed E-state index contributed by atoms with van der Waals surface area (Å²) in [5, 5.41) is 9.89. The van der Waals surface area contributed by atoms with Crippen LogP contribution in [0.25, 0.3) is 16.9 Å². The molecule has 0 amide bonds. The molecule has 0 fully saturated rings. The minimum absolute atomic E-state index is 0.524. The molecule has 0 radical (unpaired) electrons. The monoisotopic (exact) mass is 363 g/mol. The molecule has 1 N–H and O–H groups in total. The number of para-hydroxylation sites is 1. The third kappa shape index (κ3) is 2.49. The summed E-state index contributed by atoms with van der Waals surface area (Å²) in [6.45, 7) is 0.881. The largest absolute Gasteiger partial charge is 0.369 e. The van der Waals surface area contributed by atoms with Gasteiger partial charge in [0.25, 0.3) is 0 Å². The lowest BCUT2D eigenvalue weighted by molar-refractivity contribution is 0.882. The average molecular weight is 365 g/mol. The molecule has 1 aliphatic rings. The Morgan fingerprint density at radius 2 is 1.78 bits per heavy atom. The first-order chi connectivity index (χ1) is 11.1. The number of hydrogen-bond acceptors (Lipinski definition) is 2. The van der Waals surface area contributed by atoms with Crippen LogP contribution in [0.1, 0.15) is 5.56 Å². The first kappa shape index (κ1) is 14.9. The first-order valence-corrected chi connectivity index (χ1v) is 8.34. The van der Waals surface area contributed by atoms with E-state index < -0.39 is 0 Å². The van der Waals surface area contributed by atoms with Crippen LogP contribution in [-0.2, 0) is 6.42 Å². The average Bonchev–Trinajstić information content (AvgIpc) is 3.13. The van der Waals surface area contributed by atoms with Crippen molar-refractivity contribution in [2.24, 2.45) is 0 Å². The van der Waals surface area contributed by atoms with Crippen molar-refractivity contribution in [3.63, 3.8) is 0 Å². The molecule has 2 aromatic carbocycles. The molecule has 0 bridgehead atoms. The van der Waals surface area contributed by atoms with Crippen molar-refractivity contribution in [3.8, 4) is 16.9 Å². The zero-order chi connectivity index (χ0) is 16.0. The van der Waals surface area contributed by atoms with Gasteiger partial charge in [-0.05, 0) is 30.7 Å². The van der Waals surface area contributed by atoms with E-state index in [1.807, 2.05) is 41.1 Å². The third-order valence-electron chi connectivity index (χ3n) is 3.92. The second-order valence-electron chi connectivity index (χ2n) is 5.34. The van der Waals surface area contributed by atoms with E-state index in [4.69, 9.17) is 39.9 Å². The van der Waals surface area contributed by atoms with Gasteiger partial charge in [0.2, 0.25) is 0 Å². The van der Waals surface area contributed by atoms with Crippen molar-refractivity contribution in [1.82, 2.24) is 9.78 Å². The zero-order valence-electron chi connectivity index (χ0n) is 12.0. The fourth-order valence-corrected chi connectivity index (χ4v) is 3.36. The number of benzene rings is 2. The number of fused-ring (bicyclic) bond motifs is 1. The Hall–Kier alpha value is -1.68. The summed E-state index contributed by atoms with van der Waals surface area (Å²) in [6, 6.07) is 13.2. The summed E-state index contributed by atoms with van der Waals surface area (Å²) in [5.41, 5.74) is 3.88. The van der Waals surface area contributed by atoms with Crippen molar-refractivity contribution in [2.45, 2.75) is 6.42 Å². The smallest absolute Gasteiger partial charge is 0.133 e. The third-order valence-corrected chi connectivity index (χ3v) is 4.98. The van der Waals surface area contributed by atoms with E-state index in [0.29, 0.717) is 15.1 Å². The first-order valence-electron chi connectivity index (χ1n) is 7.21. The van der Waals surface area contributed by atoms with Crippen LogP contribution in [0.5, 0.6) is 0 Å². The highest BCUT2D eigenvalue weighted by Crippen LogP contribution is 2.37. The Morgan fingerprint density at radius 1 is 0.957 bits per heavy atom. The highest BCUT2D eigenvalue weighted by atomic mass is 35.5. The van der Waals surface area contributed by atoms with Gasteiger partial charge in [-0.25, -0.2) is 4.68 Å². The Morgan fingerprint density at radius 3 is 2.57 bits per heavy atom. The Labute approximate surface area is 148 Å². The lowest BCUT2D eigenvalue weighted by atomic mass is 10.1. The van der Waals surface area contributed by atoms with E-state index in [2.05, 4.69) is 5.32 Å². The number of rotatable bonds is 2. The summed E-state index contributed by atoms with van der Waals surface area (Å²) >= 11 is 18.5. The van der Waals surface area contributed by atoms with Crippen molar-refractivity contribution < 1.29 is 0 Å². The lowest BCUT2D eigenvalue weighted by Gasteiger charge is -2.08. The second kappa shape index (κ2) is 5.75. The van der Waals surface area contributed by atoms with Crippen molar-refractivity contribution >= 4 is 40.6 Å². The number of aromatic nitrogens is 2. The SMILES string of the molecule is Clc1ccc(-c2nn(-c3ccccc3Cl)c3c2CCN3)cc1Cl. The van der Waals surface area contributed by atoms with E-state index in [-0.39, 0.29) is 0 Å². The van der Waals surface area contributed by atoms with Crippen LogP contribution in [0.15, 0.2) is 42.5 Å². The highest BCUT2D eigenvalue weighted by molar-refractivity contribution is 6.42. The fraction of sp³-hybridized carbons (Fsp3) is 0.118. The summed E-state index contributed by atoms with van der Waals surface area (Å²) in [5.74, 6) is 0.985. The van der Waals surface area contributed by atoms with Crippen LogP contribution < -0.4 is 5.32 Å². The fourth-order valence-electron chi connectivity index (χ4n) is 2.85. The van der Waals surface area contributed by atoms with Crippen LogP contribution in [-0.4, -0.2) is 16.3 Å². The molecule has 0 spiro atoms. The molecular formula is C17H12Cl3N3. The molecular weight excluding hydrogens is 353 g/mol. The molecule has 1 aliphatic heterocycles.